The van der Waals surface area contributed by atoms with Crippen LogP contribution in [0.2, 0.25) is 0 Å². The molecule has 0 aliphatic heterocycles. The van der Waals surface area contributed by atoms with Crippen molar-refractivity contribution in [3.05, 3.63) is 174 Å². The summed E-state index contributed by atoms with van der Waals surface area (Å²) in [6.07, 6.45) is 8.71. The van der Waals surface area contributed by atoms with Gasteiger partial charge < -0.3 is 4.90 Å². The molecular weight excluding hydrogens is 651 g/mol. The molecule has 1 heteroatoms. The minimum atomic E-state index is -0.0857. The molecule has 12 rings (SSSR count). The summed E-state index contributed by atoms with van der Waals surface area (Å²) in [6, 6.07) is 59.6. The molecule has 0 radical (unpaired) electrons. The highest BCUT2D eigenvalue weighted by Gasteiger charge is 2.51. The van der Waals surface area contributed by atoms with Gasteiger partial charge in [-0.1, -0.05) is 135 Å². The maximum Gasteiger partial charge on any atom is 0.0540 e. The quantitative estimate of drug-likeness (QED) is 0.167. The Labute approximate surface area is 320 Å². The summed E-state index contributed by atoms with van der Waals surface area (Å²) in [7, 11) is 0. The van der Waals surface area contributed by atoms with Crippen LogP contribution in [-0.2, 0) is 10.8 Å². The molecule has 5 aliphatic carbocycles. The maximum atomic E-state index is 2.48. The number of hydrogen-bond acceptors (Lipinski definition) is 1. The van der Waals surface area contributed by atoms with Crippen LogP contribution in [0.1, 0.15) is 69.1 Å². The van der Waals surface area contributed by atoms with Crippen molar-refractivity contribution in [1.82, 2.24) is 0 Å². The zero-order valence-corrected chi connectivity index (χ0v) is 31.4. The van der Waals surface area contributed by atoms with Crippen LogP contribution in [0.15, 0.2) is 158 Å². The van der Waals surface area contributed by atoms with E-state index >= 15 is 0 Å². The van der Waals surface area contributed by atoms with Gasteiger partial charge in [0.1, 0.15) is 0 Å². The third-order valence-corrected chi connectivity index (χ3v) is 14.0. The molecule has 54 heavy (non-hydrogen) atoms. The van der Waals surface area contributed by atoms with Crippen molar-refractivity contribution in [2.45, 2.75) is 63.2 Å². The standard InChI is InChI=1S/C53H47N/c1-52(2)49-13-7-5-12-47(49)48-26-25-45(31-50(48)52)54(51-14-8-6-11-46(51)42-16-15-38-9-3-4-10-41(38)30-42)44-23-19-40(20-24-44)39-17-21-43(22-18-39)53-32-35-27-36(33-53)29-37(28-35)34-53/h3-26,30-31,35-37H,27-29,32-34H2,1-2H3. The van der Waals surface area contributed by atoms with E-state index in [1.807, 2.05) is 0 Å². The lowest BCUT2D eigenvalue weighted by Gasteiger charge is -2.57. The van der Waals surface area contributed by atoms with Crippen LogP contribution >= 0.6 is 0 Å². The molecular formula is C53H47N. The van der Waals surface area contributed by atoms with Crippen molar-refractivity contribution >= 4 is 27.8 Å². The Hall–Kier alpha value is -5.40. The summed E-state index contributed by atoms with van der Waals surface area (Å²) in [5, 5.41) is 2.52. The summed E-state index contributed by atoms with van der Waals surface area (Å²) in [5.41, 5.74) is 15.9. The Balaban J connectivity index is 0.996. The number of benzene rings is 7. The van der Waals surface area contributed by atoms with Gasteiger partial charge in [0.15, 0.2) is 0 Å². The van der Waals surface area contributed by atoms with Crippen molar-refractivity contribution < 1.29 is 0 Å². The molecule has 0 amide bonds. The minimum Gasteiger partial charge on any atom is -0.310 e. The number of anilines is 3. The Morgan fingerprint density at radius 2 is 1.00 bits per heavy atom. The molecule has 0 unspecified atom stereocenters. The monoisotopic (exact) mass is 697 g/mol. The molecule has 0 saturated heterocycles. The summed E-state index contributed by atoms with van der Waals surface area (Å²) >= 11 is 0. The second-order valence-corrected chi connectivity index (χ2v) is 17.6. The van der Waals surface area contributed by atoms with E-state index in [9.17, 15) is 0 Å². The highest BCUT2D eigenvalue weighted by molar-refractivity contribution is 5.94. The van der Waals surface area contributed by atoms with Crippen LogP contribution in [-0.4, -0.2) is 0 Å². The van der Waals surface area contributed by atoms with Gasteiger partial charge >= 0.3 is 0 Å². The van der Waals surface area contributed by atoms with Crippen LogP contribution in [0.4, 0.5) is 17.1 Å². The van der Waals surface area contributed by atoms with Crippen molar-refractivity contribution in [3.8, 4) is 33.4 Å². The van der Waals surface area contributed by atoms with E-state index < -0.39 is 0 Å². The predicted molar refractivity (Wildman–Crippen MR) is 227 cm³/mol. The Kier molecular flexibility index (Phi) is 7.16. The summed E-state index contributed by atoms with van der Waals surface area (Å²) < 4.78 is 0. The lowest BCUT2D eigenvalue weighted by molar-refractivity contribution is -0.00518. The second kappa shape index (κ2) is 12.1. The average Bonchev–Trinajstić information content (AvgIpc) is 3.43. The molecule has 7 aromatic rings. The van der Waals surface area contributed by atoms with Gasteiger partial charge in [-0.25, -0.2) is 0 Å². The highest BCUT2D eigenvalue weighted by atomic mass is 15.1. The van der Waals surface area contributed by atoms with Gasteiger partial charge in [0.05, 0.1) is 5.69 Å². The highest BCUT2D eigenvalue weighted by Crippen LogP contribution is 2.61. The Morgan fingerprint density at radius 3 is 1.72 bits per heavy atom. The van der Waals surface area contributed by atoms with E-state index in [-0.39, 0.29) is 5.41 Å². The third-order valence-electron chi connectivity index (χ3n) is 14.0. The summed E-state index contributed by atoms with van der Waals surface area (Å²) in [4.78, 5) is 2.48. The Bertz CT molecular complexity index is 2520. The SMILES string of the molecule is CC1(C)c2ccccc2-c2ccc(N(c3ccc(-c4ccc(C56CC7CC(CC(C7)C5)C6)cc4)cc3)c3ccccc3-c3ccc4ccccc4c3)cc21. The topological polar surface area (TPSA) is 3.24 Å². The van der Waals surface area contributed by atoms with Crippen LogP contribution < -0.4 is 4.90 Å². The number of hydrogen-bond donors (Lipinski definition) is 0. The van der Waals surface area contributed by atoms with Gasteiger partial charge in [-0.15, -0.1) is 0 Å². The fourth-order valence-corrected chi connectivity index (χ4v) is 11.8. The van der Waals surface area contributed by atoms with E-state index in [4.69, 9.17) is 0 Å². The van der Waals surface area contributed by atoms with Gasteiger partial charge in [0.2, 0.25) is 0 Å². The van der Waals surface area contributed by atoms with Gasteiger partial charge in [-0.05, 0) is 153 Å². The maximum absolute atomic E-state index is 2.48. The largest absolute Gasteiger partial charge is 0.310 e. The van der Waals surface area contributed by atoms with E-state index in [0.29, 0.717) is 5.41 Å². The summed E-state index contributed by atoms with van der Waals surface area (Å²) in [5.74, 6) is 2.89. The van der Waals surface area contributed by atoms with Crippen LogP contribution in [0, 0.1) is 17.8 Å². The predicted octanol–water partition coefficient (Wildman–Crippen LogP) is 14.4. The number of rotatable bonds is 6. The van der Waals surface area contributed by atoms with Crippen LogP contribution in [0.25, 0.3) is 44.2 Å². The van der Waals surface area contributed by atoms with Gasteiger partial charge in [0, 0.05) is 22.4 Å². The van der Waals surface area contributed by atoms with Crippen molar-refractivity contribution in [2.24, 2.45) is 17.8 Å². The van der Waals surface area contributed by atoms with Crippen LogP contribution in [0.5, 0.6) is 0 Å². The number of nitrogens with zero attached hydrogens (tertiary/aromatic N) is 1. The third kappa shape index (κ3) is 5.04. The molecule has 0 heterocycles. The molecule has 0 atom stereocenters. The first kappa shape index (κ1) is 32.1. The molecule has 1 nitrogen and oxygen atoms in total. The van der Waals surface area contributed by atoms with E-state index in [0.717, 1.165) is 23.4 Å². The number of para-hydroxylation sites is 1. The van der Waals surface area contributed by atoms with Gasteiger partial charge in [-0.3, -0.25) is 0 Å². The molecule has 0 spiro atoms. The fourth-order valence-electron chi connectivity index (χ4n) is 11.8. The molecule has 264 valence electrons. The van der Waals surface area contributed by atoms with E-state index in [2.05, 4.69) is 176 Å². The smallest absolute Gasteiger partial charge is 0.0540 e. The van der Waals surface area contributed by atoms with E-state index in [1.54, 1.807) is 5.56 Å². The minimum absolute atomic E-state index is 0.0857. The van der Waals surface area contributed by atoms with E-state index in [1.165, 1.54) is 105 Å². The van der Waals surface area contributed by atoms with Crippen molar-refractivity contribution in [1.29, 1.82) is 0 Å². The molecule has 4 fully saturated rings. The Morgan fingerprint density at radius 1 is 0.444 bits per heavy atom. The van der Waals surface area contributed by atoms with Crippen molar-refractivity contribution in [2.75, 3.05) is 4.90 Å². The first-order valence-electron chi connectivity index (χ1n) is 20.3. The first-order valence-corrected chi connectivity index (χ1v) is 20.3. The lowest BCUT2D eigenvalue weighted by Crippen LogP contribution is -2.48. The molecule has 5 aliphatic rings. The van der Waals surface area contributed by atoms with Gasteiger partial charge in [-0.2, -0.15) is 0 Å². The second-order valence-electron chi connectivity index (χ2n) is 17.6. The average molecular weight is 698 g/mol. The molecule has 7 aromatic carbocycles. The zero-order chi connectivity index (χ0) is 36.0. The summed E-state index contributed by atoms with van der Waals surface area (Å²) in [6.45, 7) is 4.75. The first-order chi connectivity index (χ1) is 26.4. The molecule has 0 N–H and O–H groups in total. The fraction of sp³-hybridized carbons (Fsp3) is 0.245. The molecule has 4 saturated carbocycles. The number of fused-ring (bicyclic) bond motifs is 4. The molecule has 0 aromatic heterocycles. The molecule has 4 bridgehead atoms. The van der Waals surface area contributed by atoms with Crippen molar-refractivity contribution in [3.63, 3.8) is 0 Å². The van der Waals surface area contributed by atoms with Crippen LogP contribution in [0.3, 0.4) is 0 Å². The van der Waals surface area contributed by atoms with Gasteiger partial charge in [0.25, 0.3) is 0 Å². The zero-order valence-electron chi connectivity index (χ0n) is 31.4. The normalized spacial score (nSPS) is 23.0. The lowest BCUT2D eigenvalue weighted by atomic mass is 9.48.